The van der Waals surface area contributed by atoms with Gasteiger partial charge in [-0.2, -0.15) is 5.26 Å². The van der Waals surface area contributed by atoms with Crippen LogP contribution in [0.15, 0.2) is 24.3 Å². The predicted octanol–water partition coefficient (Wildman–Crippen LogP) is 3.92. The summed E-state index contributed by atoms with van der Waals surface area (Å²) in [7, 11) is 0. The van der Waals surface area contributed by atoms with Crippen molar-refractivity contribution in [1.29, 1.82) is 5.26 Å². The van der Waals surface area contributed by atoms with E-state index >= 15 is 0 Å². The van der Waals surface area contributed by atoms with Gasteiger partial charge in [-0.3, -0.25) is 0 Å². The lowest BCUT2D eigenvalue weighted by Gasteiger charge is -2.23. The molecule has 0 aliphatic heterocycles. The molecule has 0 spiro atoms. The molecule has 0 amide bonds. The second-order valence-electron chi connectivity index (χ2n) is 3.41. The van der Waals surface area contributed by atoms with Crippen LogP contribution in [0, 0.1) is 11.3 Å². The molecule has 1 aromatic carbocycles. The molecular weight excluding hydrogens is 194 g/mol. The van der Waals surface area contributed by atoms with E-state index in [1.807, 2.05) is 38.1 Å². The molecule has 0 radical (unpaired) electrons. The summed E-state index contributed by atoms with van der Waals surface area (Å²) in [5.74, 6) is 0. The zero-order chi connectivity index (χ0) is 10.6. The summed E-state index contributed by atoms with van der Waals surface area (Å²) in [5, 5.41) is 9.93. The van der Waals surface area contributed by atoms with Crippen molar-refractivity contribution < 1.29 is 0 Å². The highest BCUT2D eigenvalue weighted by atomic mass is 35.5. The van der Waals surface area contributed by atoms with Crippen molar-refractivity contribution in [1.82, 2.24) is 0 Å². The Morgan fingerprint density at radius 3 is 2.43 bits per heavy atom. The Balaban J connectivity index is 3.19. The molecule has 1 rings (SSSR count). The Labute approximate surface area is 90.3 Å². The summed E-state index contributed by atoms with van der Waals surface area (Å²) in [6.45, 7) is 4.07. The van der Waals surface area contributed by atoms with Gasteiger partial charge in [0.1, 0.15) is 0 Å². The van der Waals surface area contributed by atoms with Crippen molar-refractivity contribution in [3.05, 3.63) is 34.9 Å². The molecular formula is C12H14ClN. The lowest BCUT2D eigenvalue weighted by Crippen LogP contribution is -2.21. The Hall–Kier alpha value is -1.00. The maximum absolute atomic E-state index is 9.23. The molecule has 1 nitrogen and oxygen atoms in total. The summed E-state index contributed by atoms with van der Waals surface area (Å²) in [6.07, 6.45) is 1.64. The van der Waals surface area contributed by atoms with Crippen LogP contribution in [0.5, 0.6) is 0 Å². The Bertz CT molecular complexity index is 348. The van der Waals surface area contributed by atoms with E-state index in [-0.39, 0.29) is 5.41 Å². The maximum Gasteiger partial charge on any atom is 0.0817 e. The maximum atomic E-state index is 9.23. The zero-order valence-electron chi connectivity index (χ0n) is 8.55. The highest BCUT2D eigenvalue weighted by Gasteiger charge is 2.27. The standard InChI is InChI=1S/C12H14ClN/c1-3-12(4-2,9-14)10-6-5-7-11(13)8-10/h5-8H,3-4H2,1-2H3. The molecule has 0 atom stereocenters. The van der Waals surface area contributed by atoms with Crippen LogP contribution in [0.3, 0.4) is 0 Å². The molecule has 0 fully saturated rings. The SMILES string of the molecule is CCC(C#N)(CC)c1cccc(Cl)c1. The van der Waals surface area contributed by atoms with Crippen LogP contribution in [-0.2, 0) is 5.41 Å². The summed E-state index contributed by atoms with van der Waals surface area (Å²) < 4.78 is 0. The quantitative estimate of drug-likeness (QED) is 0.737. The van der Waals surface area contributed by atoms with Crippen LogP contribution in [0.4, 0.5) is 0 Å². The van der Waals surface area contributed by atoms with Crippen LogP contribution in [0.2, 0.25) is 5.02 Å². The van der Waals surface area contributed by atoms with Crippen molar-refractivity contribution in [2.45, 2.75) is 32.1 Å². The van der Waals surface area contributed by atoms with Crippen molar-refractivity contribution >= 4 is 11.6 Å². The van der Waals surface area contributed by atoms with Crippen molar-refractivity contribution in [3.8, 4) is 6.07 Å². The van der Waals surface area contributed by atoms with Gasteiger partial charge in [0.2, 0.25) is 0 Å². The van der Waals surface area contributed by atoms with Crippen molar-refractivity contribution in [2.24, 2.45) is 0 Å². The molecule has 74 valence electrons. The van der Waals surface area contributed by atoms with Gasteiger partial charge in [-0.05, 0) is 30.5 Å². The molecule has 0 aromatic heterocycles. The van der Waals surface area contributed by atoms with E-state index in [4.69, 9.17) is 11.6 Å². The highest BCUT2D eigenvalue weighted by Crippen LogP contribution is 2.32. The fourth-order valence-electron chi connectivity index (χ4n) is 1.67. The molecule has 1 aromatic rings. The number of benzene rings is 1. The van der Waals surface area contributed by atoms with E-state index in [9.17, 15) is 5.26 Å². The molecule has 14 heavy (non-hydrogen) atoms. The van der Waals surface area contributed by atoms with Gasteiger partial charge in [-0.1, -0.05) is 37.6 Å². The van der Waals surface area contributed by atoms with E-state index in [0.29, 0.717) is 5.02 Å². The first-order chi connectivity index (χ1) is 6.68. The first-order valence-electron chi connectivity index (χ1n) is 4.86. The fourth-order valence-corrected chi connectivity index (χ4v) is 1.86. The van der Waals surface area contributed by atoms with Gasteiger partial charge in [0.15, 0.2) is 0 Å². The number of hydrogen-bond acceptors (Lipinski definition) is 1. The van der Waals surface area contributed by atoms with E-state index in [1.54, 1.807) is 0 Å². The molecule has 0 saturated heterocycles. The van der Waals surface area contributed by atoms with Crippen LogP contribution < -0.4 is 0 Å². The second kappa shape index (κ2) is 4.48. The highest BCUT2D eigenvalue weighted by molar-refractivity contribution is 6.30. The number of hydrogen-bond donors (Lipinski definition) is 0. The van der Waals surface area contributed by atoms with Gasteiger partial charge in [-0.25, -0.2) is 0 Å². The average molecular weight is 208 g/mol. The zero-order valence-corrected chi connectivity index (χ0v) is 9.30. The van der Waals surface area contributed by atoms with Gasteiger partial charge in [0.05, 0.1) is 11.5 Å². The van der Waals surface area contributed by atoms with Gasteiger partial charge in [-0.15, -0.1) is 0 Å². The Morgan fingerprint density at radius 2 is 2.00 bits per heavy atom. The smallest absolute Gasteiger partial charge is 0.0817 e. The van der Waals surface area contributed by atoms with Crippen LogP contribution in [0.1, 0.15) is 32.3 Å². The monoisotopic (exact) mass is 207 g/mol. The first kappa shape index (κ1) is 11.1. The van der Waals surface area contributed by atoms with E-state index in [1.165, 1.54) is 0 Å². The van der Waals surface area contributed by atoms with E-state index < -0.39 is 0 Å². The molecule has 0 bridgehead atoms. The molecule has 0 heterocycles. The van der Waals surface area contributed by atoms with Gasteiger partial charge in [0.25, 0.3) is 0 Å². The predicted molar refractivity (Wildman–Crippen MR) is 59.3 cm³/mol. The molecule has 0 saturated carbocycles. The summed E-state index contributed by atoms with van der Waals surface area (Å²) >= 11 is 5.91. The number of rotatable bonds is 3. The summed E-state index contributed by atoms with van der Waals surface area (Å²) in [6, 6.07) is 9.99. The van der Waals surface area contributed by atoms with Gasteiger partial charge in [0, 0.05) is 5.02 Å². The lowest BCUT2D eigenvalue weighted by molar-refractivity contribution is 0.511. The van der Waals surface area contributed by atoms with E-state index in [0.717, 1.165) is 18.4 Å². The minimum atomic E-state index is -0.370. The second-order valence-corrected chi connectivity index (χ2v) is 3.85. The van der Waals surface area contributed by atoms with Crippen molar-refractivity contribution in [3.63, 3.8) is 0 Å². The first-order valence-corrected chi connectivity index (χ1v) is 5.23. The van der Waals surface area contributed by atoms with Gasteiger partial charge < -0.3 is 0 Å². The summed E-state index contributed by atoms with van der Waals surface area (Å²) in [5.41, 5.74) is 0.655. The Kier molecular flexibility index (Phi) is 3.55. The molecule has 0 unspecified atom stereocenters. The lowest BCUT2D eigenvalue weighted by atomic mass is 9.77. The number of halogens is 1. The van der Waals surface area contributed by atoms with Crippen LogP contribution in [0.25, 0.3) is 0 Å². The minimum absolute atomic E-state index is 0.370. The van der Waals surface area contributed by atoms with Crippen LogP contribution >= 0.6 is 11.6 Å². The largest absolute Gasteiger partial charge is 0.197 e. The van der Waals surface area contributed by atoms with Gasteiger partial charge >= 0.3 is 0 Å². The molecule has 0 N–H and O–H groups in total. The number of nitriles is 1. The Morgan fingerprint density at radius 1 is 1.36 bits per heavy atom. The van der Waals surface area contributed by atoms with Crippen LogP contribution in [-0.4, -0.2) is 0 Å². The molecule has 0 aliphatic rings. The molecule has 0 aliphatic carbocycles. The third-order valence-electron chi connectivity index (χ3n) is 2.80. The number of nitrogens with zero attached hydrogens (tertiary/aromatic N) is 1. The molecule has 2 heteroatoms. The average Bonchev–Trinajstić information content (AvgIpc) is 2.22. The summed E-state index contributed by atoms with van der Waals surface area (Å²) in [4.78, 5) is 0. The third-order valence-corrected chi connectivity index (χ3v) is 3.03. The normalized spacial score (nSPS) is 11.0. The third kappa shape index (κ3) is 1.91. The minimum Gasteiger partial charge on any atom is -0.197 e. The fraction of sp³-hybridized carbons (Fsp3) is 0.417. The topological polar surface area (TPSA) is 23.8 Å². The van der Waals surface area contributed by atoms with Crippen molar-refractivity contribution in [2.75, 3.05) is 0 Å². The van der Waals surface area contributed by atoms with E-state index in [2.05, 4.69) is 6.07 Å².